The summed E-state index contributed by atoms with van der Waals surface area (Å²) < 4.78 is 6.99. The van der Waals surface area contributed by atoms with Gasteiger partial charge in [0.15, 0.2) is 5.69 Å². The Hall–Kier alpha value is -3.68. The van der Waals surface area contributed by atoms with Gasteiger partial charge < -0.3 is 15.4 Å². The smallest absolute Gasteiger partial charge is 0.329 e. The van der Waals surface area contributed by atoms with Crippen molar-refractivity contribution in [1.82, 2.24) is 14.7 Å². The number of piperidine rings is 1. The van der Waals surface area contributed by atoms with Gasteiger partial charge in [0.25, 0.3) is 5.91 Å². The molecule has 2 heterocycles. The lowest BCUT2D eigenvalue weighted by Gasteiger charge is -2.26. The molecule has 2 aliphatic rings. The number of benzene rings is 2. The van der Waals surface area contributed by atoms with Crippen molar-refractivity contribution in [2.45, 2.75) is 38.1 Å². The van der Waals surface area contributed by atoms with Gasteiger partial charge in [-0.15, -0.1) is 0 Å². The Morgan fingerprint density at radius 1 is 1.03 bits per heavy atom. The molecule has 2 fully saturated rings. The van der Waals surface area contributed by atoms with Crippen molar-refractivity contribution in [1.29, 1.82) is 0 Å². The van der Waals surface area contributed by atoms with Gasteiger partial charge in [0.1, 0.15) is 19.2 Å². The van der Waals surface area contributed by atoms with Crippen molar-refractivity contribution in [3.05, 3.63) is 65.9 Å². The van der Waals surface area contributed by atoms with Crippen LogP contribution < -0.4 is 5.73 Å². The number of nitrogens with two attached hydrogens (primary N) is 1. The second kappa shape index (κ2) is 7.54. The summed E-state index contributed by atoms with van der Waals surface area (Å²) in [5.74, 6) is -0.898. The first-order valence-electron chi connectivity index (χ1n) is 10.3. The Morgan fingerprint density at radius 3 is 2.55 bits per heavy atom. The highest BCUT2D eigenvalue weighted by Crippen LogP contribution is 2.48. The largest absolute Gasteiger partial charge is 0.459 e. The van der Waals surface area contributed by atoms with Gasteiger partial charge in [0, 0.05) is 11.4 Å². The maximum atomic E-state index is 13.2. The van der Waals surface area contributed by atoms with Gasteiger partial charge in [-0.05, 0) is 30.4 Å². The van der Waals surface area contributed by atoms with Crippen LogP contribution >= 0.6 is 0 Å². The average Bonchev–Trinajstić information content (AvgIpc) is 3.28. The quantitative estimate of drug-likeness (QED) is 0.615. The number of rotatable bonds is 6. The lowest BCUT2D eigenvalue weighted by molar-refractivity contribution is -0.155. The summed E-state index contributed by atoms with van der Waals surface area (Å²) in [5, 5.41) is 4.87. The normalized spacial score (nSPS) is 21.7. The van der Waals surface area contributed by atoms with E-state index < -0.39 is 11.9 Å². The summed E-state index contributed by atoms with van der Waals surface area (Å²) in [6, 6.07) is 16.1. The van der Waals surface area contributed by atoms with E-state index in [0.29, 0.717) is 23.2 Å². The second-order valence-electron chi connectivity index (χ2n) is 8.10. The average molecular weight is 418 g/mol. The molecule has 0 bridgehead atoms. The zero-order valence-corrected chi connectivity index (χ0v) is 16.8. The third-order valence-corrected chi connectivity index (χ3v) is 6.06. The molecule has 158 valence electrons. The molecule has 1 unspecified atom stereocenters. The number of para-hydroxylation sites is 1. The van der Waals surface area contributed by atoms with Crippen LogP contribution in [0, 0.1) is 5.92 Å². The van der Waals surface area contributed by atoms with Gasteiger partial charge >= 0.3 is 5.97 Å². The third kappa shape index (κ3) is 3.54. The number of hydrogen-bond acceptors (Lipinski definition) is 5. The highest BCUT2D eigenvalue weighted by molar-refractivity contribution is 6.04. The molecular formula is C23H22N4O4. The number of primary amides is 1. The molecule has 31 heavy (non-hydrogen) atoms. The molecule has 8 heteroatoms. The van der Waals surface area contributed by atoms with E-state index >= 15 is 0 Å². The summed E-state index contributed by atoms with van der Waals surface area (Å²) in [5.41, 5.74) is 7.13. The van der Waals surface area contributed by atoms with Crippen LogP contribution in [0.4, 0.5) is 0 Å². The number of likely N-dealkylation sites (tertiary alicyclic amines) is 1. The second-order valence-corrected chi connectivity index (χ2v) is 8.10. The predicted molar refractivity (Wildman–Crippen MR) is 112 cm³/mol. The zero-order valence-electron chi connectivity index (χ0n) is 16.8. The summed E-state index contributed by atoms with van der Waals surface area (Å²) in [6.45, 7) is 0.110. The monoisotopic (exact) mass is 418 g/mol. The number of esters is 1. The molecule has 1 aromatic heterocycles. The number of carbonyl (C=O) groups is 3. The van der Waals surface area contributed by atoms with E-state index in [1.807, 2.05) is 36.4 Å². The molecule has 3 atom stereocenters. The fourth-order valence-corrected chi connectivity index (χ4v) is 4.49. The summed E-state index contributed by atoms with van der Waals surface area (Å²) in [4.78, 5) is 39.4. The Bertz CT molecular complexity index is 1170. The van der Waals surface area contributed by atoms with Crippen molar-refractivity contribution >= 4 is 28.7 Å². The maximum absolute atomic E-state index is 13.2. The van der Waals surface area contributed by atoms with E-state index in [1.165, 1.54) is 4.68 Å². The third-order valence-electron chi connectivity index (χ3n) is 6.06. The number of ether oxygens (including phenoxy) is 1. The van der Waals surface area contributed by atoms with E-state index in [2.05, 4.69) is 5.10 Å². The van der Waals surface area contributed by atoms with Crippen LogP contribution in [0.15, 0.2) is 54.6 Å². The summed E-state index contributed by atoms with van der Waals surface area (Å²) in [6.07, 6.45) is 1.52. The molecule has 1 saturated heterocycles. The molecule has 2 amide bonds. The summed E-state index contributed by atoms with van der Waals surface area (Å²) >= 11 is 0. The van der Waals surface area contributed by atoms with Crippen LogP contribution in [-0.4, -0.2) is 44.5 Å². The maximum Gasteiger partial charge on any atom is 0.329 e. The van der Waals surface area contributed by atoms with Crippen molar-refractivity contribution in [3.63, 3.8) is 0 Å². The number of amides is 2. The molecule has 1 aliphatic heterocycles. The Morgan fingerprint density at radius 2 is 1.77 bits per heavy atom. The van der Waals surface area contributed by atoms with E-state index in [9.17, 15) is 14.4 Å². The molecular weight excluding hydrogens is 396 g/mol. The van der Waals surface area contributed by atoms with Crippen LogP contribution in [0.3, 0.4) is 0 Å². The van der Waals surface area contributed by atoms with Crippen molar-refractivity contribution in [2.24, 2.45) is 11.7 Å². The Labute approximate surface area is 178 Å². The molecule has 1 saturated carbocycles. The van der Waals surface area contributed by atoms with Gasteiger partial charge in [0.2, 0.25) is 5.91 Å². The van der Waals surface area contributed by atoms with Crippen LogP contribution in [-0.2, 0) is 27.5 Å². The van der Waals surface area contributed by atoms with Gasteiger partial charge in [-0.25, -0.2) is 4.79 Å². The number of carbonyl (C=O) groups excluding carboxylic acids is 3. The van der Waals surface area contributed by atoms with Crippen molar-refractivity contribution in [2.75, 3.05) is 0 Å². The van der Waals surface area contributed by atoms with E-state index in [4.69, 9.17) is 10.5 Å². The van der Waals surface area contributed by atoms with Gasteiger partial charge in [-0.2, -0.15) is 5.10 Å². The minimum atomic E-state index is -0.645. The molecule has 2 aromatic carbocycles. The van der Waals surface area contributed by atoms with Gasteiger partial charge in [0.05, 0.1) is 5.52 Å². The van der Waals surface area contributed by atoms with Crippen LogP contribution in [0.2, 0.25) is 0 Å². The van der Waals surface area contributed by atoms with Gasteiger partial charge in [-0.3, -0.25) is 14.3 Å². The van der Waals surface area contributed by atoms with Crippen molar-refractivity contribution in [3.8, 4) is 0 Å². The van der Waals surface area contributed by atoms with E-state index in [1.54, 1.807) is 23.1 Å². The van der Waals surface area contributed by atoms with Crippen molar-refractivity contribution < 1.29 is 19.1 Å². The lowest BCUT2D eigenvalue weighted by atomic mass is 10.1. The number of fused-ring (bicyclic) bond motifs is 2. The van der Waals surface area contributed by atoms with Gasteiger partial charge in [-0.1, -0.05) is 48.5 Å². The van der Waals surface area contributed by atoms with E-state index in [0.717, 1.165) is 12.0 Å². The fraction of sp³-hybridized carbons (Fsp3) is 0.304. The topological polar surface area (TPSA) is 108 Å². The minimum absolute atomic E-state index is 0.0687. The number of nitrogens with zero attached hydrogens (tertiary/aromatic N) is 3. The molecule has 8 nitrogen and oxygen atoms in total. The standard InChI is InChI=1S/C23H22N4O4/c24-22(29)21-16-8-4-5-9-17(16)26(25-21)12-20(28)27-18-10-15(18)11-19(27)23(30)31-13-14-6-2-1-3-7-14/h1-9,15,18-19H,10-13H2,(H2,24,29)/t15-,18-,19?/m1/s1. The first-order valence-corrected chi connectivity index (χ1v) is 10.3. The molecule has 3 aromatic rings. The van der Waals surface area contributed by atoms with Crippen LogP contribution in [0.1, 0.15) is 28.9 Å². The molecule has 1 aliphatic carbocycles. The Balaban J connectivity index is 1.33. The molecule has 0 spiro atoms. The first-order chi connectivity index (χ1) is 15.0. The van der Waals surface area contributed by atoms with Crippen LogP contribution in [0.25, 0.3) is 10.9 Å². The lowest BCUT2D eigenvalue weighted by Crippen LogP contribution is -2.45. The fourth-order valence-electron chi connectivity index (χ4n) is 4.49. The van der Waals surface area contributed by atoms with E-state index in [-0.39, 0.29) is 36.8 Å². The molecule has 0 radical (unpaired) electrons. The molecule has 2 N–H and O–H groups in total. The molecule has 5 rings (SSSR count). The predicted octanol–water partition coefficient (Wildman–Crippen LogP) is 1.87. The zero-order chi connectivity index (χ0) is 21.5. The first kappa shape index (κ1) is 19.3. The summed E-state index contributed by atoms with van der Waals surface area (Å²) in [7, 11) is 0. The van der Waals surface area contributed by atoms with Crippen LogP contribution in [0.5, 0.6) is 0 Å². The SMILES string of the molecule is NC(=O)c1nn(CC(=O)N2C(C(=O)OCc3ccccc3)C[C@H]3C[C@H]32)c2ccccc12. The highest BCUT2D eigenvalue weighted by Gasteiger charge is 2.56. The highest BCUT2D eigenvalue weighted by atomic mass is 16.5. The Kier molecular flexibility index (Phi) is 4.69. The minimum Gasteiger partial charge on any atom is -0.459 e. The number of aromatic nitrogens is 2. The number of hydrogen-bond donors (Lipinski definition) is 1.